The minimum absolute atomic E-state index is 0.0594. The lowest BCUT2D eigenvalue weighted by atomic mass is 10.0. The van der Waals surface area contributed by atoms with Crippen molar-refractivity contribution in [2.24, 2.45) is 5.92 Å². The number of hydrogen-bond donors (Lipinski definition) is 0. The number of carbonyl (C=O) groups excluding carboxylic acids is 2. The molecule has 2 aromatic rings. The van der Waals surface area contributed by atoms with Gasteiger partial charge in [0.2, 0.25) is 0 Å². The second-order valence-corrected chi connectivity index (χ2v) is 8.53. The average Bonchev–Trinajstić information content (AvgIpc) is 2.75. The summed E-state index contributed by atoms with van der Waals surface area (Å²) in [5.41, 5.74) is 1.00. The Morgan fingerprint density at radius 2 is 1.77 bits per heavy atom. The zero-order chi connectivity index (χ0) is 22.4. The summed E-state index contributed by atoms with van der Waals surface area (Å²) in [6.45, 7) is 5.67. The fourth-order valence-corrected chi connectivity index (χ4v) is 3.93. The van der Waals surface area contributed by atoms with Crippen LogP contribution in [0.2, 0.25) is 0 Å². The number of nitrogens with zero attached hydrogens (tertiary/aromatic N) is 2. The summed E-state index contributed by atoms with van der Waals surface area (Å²) < 4.78 is 19.5. The molecule has 2 amide bonds. The average molecular weight is 427 g/mol. The number of para-hydroxylation sites is 1. The van der Waals surface area contributed by atoms with Crippen molar-refractivity contribution in [2.75, 3.05) is 26.7 Å². The largest absolute Gasteiger partial charge is 0.491 e. The molecule has 31 heavy (non-hydrogen) atoms. The molecule has 1 heterocycles. The molecule has 6 heteroatoms. The topological polar surface area (TPSA) is 49.9 Å². The first kappa shape index (κ1) is 22.8. The minimum Gasteiger partial charge on any atom is -0.491 e. The van der Waals surface area contributed by atoms with Gasteiger partial charge < -0.3 is 14.5 Å². The number of rotatable bonds is 3. The van der Waals surface area contributed by atoms with E-state index >= 15 is 0 Å². The van der Waals surface area contributed by atoms with Gasteiger partial charge in [0.15, 0.2) is 0 Å². The standard InChI is InChI=1S/C25H31FN2O3/c1-18(2)16-21-17-31-23-9-5-4-8-22(23)25(30)27(3)14-6-7-15-28(21)24(29)19-10-12-20(26)13-11-19/h4-5,8-13,18,21H,6-7,14-17H2,1-3H3/t21-/m0/s1. The van der Waals surface area contributed by atoms with Crippen LogP contribution in [0.4, 0.5) is 4.39 Å². The van der Waals surface area contributed by atoms with Crippen LogP contribution in [0.3, 0.4) is 0 Å². The predicted molar refractivity (Wildman–Crippen MR) is 119 cm³/mol. The van der Waals surface area contributed by atoms with Crippen LogP contribution < -0.4 is 4.74 Å². The van der Waals surface area contributed by atoms with Crippen molar-refractivity contribution in [3.05, 3.63) is 65.5 Å². The van der Waals surface area contributed by atoms with E-state index in [1.165, 1.54) is 24.3 Å². The molecule has 1 aliphatic rings. The molecule has 1 aliphatic heterocycles. The predicted octanol–water partition coefficient (Wildman–Crippen LogP) is 4.63. The van der Waals surface area contributed by atoms with Crippen LogP contribution in [0.15, 0.2) is 48.5 Å². The first-order valence-electron chi connectivity index (χ1n) is 10.9. The van der Waals surface area contributed by atoms with Gasteiger partial charge in [0, 0.05) is 25.7 Å². The molecule has 166 valence electrons. The Balaban J connectivity index is 1.93. The molecule has 0 N–H and O–H groups in total. The highest BCUT2D eigenvalue weighted by molar-refractivity contribution is 5.97. The molecule has 5 nitrogen and oxygen atoms in total. The Labute approximate surface area is 183 Å². The van der Waals surface area contributed by atoms with Gasteiger partial charge in [-0.05, 0) is 61.6 Å². The molecule has 0 fully saturated rings. The summed E-state index contributed by atoms with van der Waals surface area (Å²) in [6.07, 6.45) is 2.32. The summed E-state index contributed by atoms with van der Waals surface area (Å²) in [4.78, 5) is 29.8. The van der Waals surface area contributed by atoms with Crippen molar-refractivity contribution in [1.82, 2.24) is 9.80 Å². The Kier molecular flexibility index (Phi) is 7.66. The van der Waals surface area contributed by atoms with E-state index in [1.807, 2.05) is 17.0 Å². The molecule has 0 saturated carbocycles. The monoisotopic (exact) mass is 426 g/mol. The summed E-state index contributed by atoms with van der Waals surface area (Å²) >= 11 is 0. The Morgan fingerprint density at radius 1 is 1.10 bits per heavy atom. The van der Waals surface area contributed by atoms with Crippen LogP contribution in [-0.4, -0.2) is 54.4 Å². The molecule has 0 aliphatic carbocycles. The minimum atomic E-state index is -0.364. The summed E-state index contributed by atoms with van der Waals surface area (Å²) in [5, 5.41) is 0. The van der Waals surface area contributed by atoms with Crippen LogP contribution in [0.25, 0.3) is 0 Å². The van der Waals surface area contributed by atoms with Gasteiger partial charge >= 0.3 is 0 Å². The van der Waals surface area contributed by atoms with Crippen molar-refractivity contribution in [2.45, 2.75) is 39.2 Å². The number of ether oxygens (including phenoxy) is 1. The SMILES string of the molecule is CC(C)C[C@H]1COc2ccccc2C(=O)N(C)CCCCN1C(=O)c1ccc(F)cc1. The van der Waals surface area contributed by atoms with E-state index in [0.717, 1.165) is 19.3 Å². The van der Waals surface area contributed by atoms with Crippen molar-refractivity contribution in [3.63, 3.8) is 0 Å². The van der Waals surface area contributed by atoms with Gasteiger partial charge in [0.05, 0.1) is 11.6 Å². The Morgan fingerprint density at radius 3 is 2.48 bits per heavy atom. The second kappa shape index (κ2) is 10.4. The molecule has 0 radical (unpaired) electrons. The number of fused-ring (bicyclic) bond motifs is 1. The zero-order valence-corrected chi connectivity index (χ0v) is 18.5. The van der Waals surface area contributed by atoms with Gasteiger partial charge in [-0.15, -0.1) is 0 Å². The highest BCUT2D eigenvalue weighted by Crippen LogP contribution is 2.24. The number of carbonyl (C=O) groups is 2. The fourth-order valence-electron chi connectivity index (χ4n) is 3.93. The molecular weight excluding hydrogens is 395 g/mol. The Bertz CT molecular complexity index is 898. The summed E-state index contributed by atoms with van der Waals surface area (Å²) in [7, 11) is 1.79. The lowest BCUT2D eigenvalue weighted by Crippen LogP contribution is -2.45. The van der Waals surface area contributed by atoms with E-state index in [4.69, 9.17) is 4.74 Å². The quantitative estimate of drug-likeness (QED) is 0.719. The van der Waals surface area contributed by atoms with E-state index in [-0.39, 0.29) is 23.7 Å². The van der Waals surface area contributed by atoms with Gasteiger partial charge in [-0.25, -0.2) is 4.39 Å². The van der Waals surface area contributed by atoms with Crippen molar-refractivity contribution in [3.8, 4) is 5.75 Å². The second-order valence-electron chi connectivity index (χ2n) is 8.53. The van der Waals surface area contributed by atoms with Gasteiger partial charge in [0.1, 0.15) is 18.2 Å². The molecule has 0 spiro atoms. The highest BCUT2D eigenvalue weighted by atomic mass is 19.1. The number of benzene rings is 2. The van der Waals surface area contributed by atoms with Crippen molar-refractivity contribution >= 4 is 11.8 Å². The fraction of sp³-hybridized carbons (Fsp3) is 0.440. The summed E-state index contributed by atoms with van der Waals surface area (Å²) in [5.74, 6) is 0.340. The van der Waals surface area contributed by atoms with Crippen LogP contribution in [0, 0.1) is 11.7 Å². The van der Waals surface area contributed by atoms with Crippen LogP contribution in [0.5, 0.6) is 5.75 Å². The van der Waals surface area contributed by atoms with E-state index in [1.54, 1.807) is 24.1 Å². The zero-order valence-electron chi connectivity index (χ0n) is 18.5. The van der Waals surface area contributed by atoms with Crippen LogP contribution in [0.1, 0.15) is 53.8 Å². The van der Waals surface area contributed by atoms with Gasteiger partial charge in [0.25, 0.3) is 11.8 Å². The number of amides is 2. The molecule has 0 saturated heterocycles. The van der Waals surface area contributed by atoms with Gasteiger partial charge in [-0.2, -0.15) is 0 Å². The maximum Gasteiger partial charge on any atom is 0.257 e. The first-order valence-corrected chi connectivity index (χ1v) is 10.9. The normalized spacial score (nSPS) is 18.1. The van der Waals surface area contributed by atoms with Gasteiger partial charge in [-0.3, -0.25) is 9.59 Å². The molecule has 0 aromatic heterocycles. The van der Waals surface area contributed by atoms with E-state index in [2.05, 4.69) is 13.8 Å². The smallest absolute Gasteiger partial charge is 0.257 e. The summed E-state index contributed by atoms with van der Waals surface area (Å²) in [6, 6.07) is 12.8. The third kappa shape index (κ3) is 5.84. The van der Waals surface area contributed by atoms with Crippen LogP contribution >= 0.6 is 0 Å². The first-order chi connectivity index (χ1) is 14.9. The molecule has 0 bridgehead atoms. The maximum atomic E-state index is 13.4. The number of hydrogen-bond acceptors (Lipinski definition) is 3. The van der Waals surface area contributed by atoms with Crippen LogP contribution in [-0.2, 0) is 0 Å². The van der Waals surface area contributed by atoms with E-state index in [0.29, 0.717) is 42.5 Å². The highest BCUT2D eigenvalue weighted by Gasteiger charge is 2.27. The lowest BCUT2D eigenvalue weighted by Gasteiger charge is -2.34. The molecule has 3 rings (SSSR count). The van der Waals surface area contributed by atoms with Crippen molar-refractivity contribution < 1.29 is 18.7 Å². The third-order valence-electron chi connectivity index (χ3n) is 5.57. The van der Waals surface area contributed by atoms with E-state index < -0.39 is 0 Å². The maximum absolute atomic E-state index is 13.4. The van der Waals surface area contributed by atoms with Crippen molar-refractivity contribution in [1.29, 1.82) is 0 Å². The van der Waals surface area contributed by atoms with E-state index in [9.17, 15) is 14.0 Å². The van der Waals surface area contributed by atoms with Gasteiger partial charge in [-0.1, -0.05) is 26.0 Å². The number of halogens is 1. The molecule has 1 atom stereocenters. The molecule has 2 aromatic carbocycles. The third-order valence-corrected chi connectivity index (χ3v) is 5.57. The molecular formula is C25H31FN2O3. The Hall–Kier alpha value is -2.89. The lowest BCUT2D eigenvalue weighted by molar-refractivity contribution is 0.0559. The molecule has 0 unspecified atom stereocenters.